The van der Waals surface area contributed by atoms with Crippen molar-refractivity contribution in [3.63, 3.8) is 0 Å². The van der Waals surface area contributed by atoms with Crippen molar-refractivity contribution < 1.29 is 18.8 Å². The van der Waals surface area contributed by atoms with Gasteiger partial charge >= 0.3 is 0 Å². The molecule has 0 saturated heterocycles. The molecule has 2 atom stereocenters. The van der Waals surface area contributed by atoms with Crippen molar-refractivity contribution in [2.24, 2.45) is 5.73 Å². The summed E-state index contributed by atoms with van der Waals surface area (Å²) in [4.78, 5) is 44.7. The number of halogens is 1. The Balaban J connectivity index is 0.00000867. The van der Waals surface area contributed by atoms with Crippen LogP contribution in [0.2, 0.25) is 0 Å². The minimum absolute atomic E-state index is 0. The molecule has 0 bridgehead atoms. The number of rotatable bonds is 17. The van der Waals surface area contributed by atoms with Gasteiger partial charge in [0.2, 0.25) is 17.7 Å². The van der Waals surface area contributed by atoms with Crippen molar-refractivity contribution in [3.05, 3.63) is 125 Å². The van der Waals surface area contributed by atoms with Crippen molar-refractivity contribution >= 4 is 23.8 Å². The standard InChI is InChI=1S/C41H53FN4O3.CH4/c1-7-14-34-21-18-33(27-30(34)4)29-37(45(5)38(47)17-13-25-41(43,8-2)9-3)40(49)46(6)36(28-32-19-22-35(42)23-20-32)39(48)44-26-24-31-15-11-10-12-16-31;/h7,10-23,27,36-37H,8-9,24-26,28-29,43H2,1-6H3,(H,44,48);1H4/b14-7-,17-13+;/t36?,37-;/m1./s1. The lowest BCUT2D eigenvalue weighted by atomic mass is 9.90. The van der Waals surface area contributed by atoms with Crippen LogP contribution in [0.5, 0.6) is 0 Å². The largest absolute Gasteiger partial charge is 0.354 e. The molecule has 0 spiro atoms. The van der Waals surface area contributed by atoms with Crippen LogP contribution in [0.4, 0.5) is 4.39 Å². The summed E-state index contributed by atoms with van der Waals surface area (Å²) in [6.45, 7) is 8.41. The molecular weight excluding hydrogens is 627 g/mol. The minimum Gasteiger partial charge on any atom is -0.354 e. The third-order valence-corrected chi connectivity index (χ3v) is 9.42. The van der Waals surface area contributed by atoms with Gasteiger partial charge in [0.15, 0.2) is 0 Å². The lowest BCUT2D eigenvalue weighted by Crippen LogP contribution is -2.56. The van der Waals surface area contributed by atoms with Gasteiger partial charge in [0, 0.05) is 39.0 Å². The Hall–Kier alpha value is -4.56. The Bertz CT molecular complexity index is 1580. The summed E-state index contributed by atoms with van der Waals surface area (Å²) in [5.41, 5.74) is 10.9. The van der Waals surface area contributed by atoms with Crippen LogP contribution in [0.3, 0.4) is 0 Å². The van der Waals surface area contributed by atoms with Crippen LogP contribution in [0.15, 0.2) is 91.0 Å². The number of nitrogens with two attached hydrogens (primary N) is 1. The highest BCUT2D eigenvalue weighted by atomic mass is 19.1. The van der Waals surface area contributed by atoms with E-state index in [1.165, 1.54) is 28.0 Å². The summed E-state index contributed by atoms with van der Waals surface area (Å²) in [5.74, 6) is -1.41. The maximum Gasteiger partial charge on any atom is 0.246 e. The maximum atomic E-state index is 14.5. The van der Waals surface area contributed by atoms with Gasteiger partial charge in [-0.05, 0) is 85.6 Å². The lowest BCUT2D eigenvalue weighted by Gasteiger charge is -2.34. The molecule has 50 heavy (non-hydrogen) atoms. The molecule has 3 N–H and O–H groups in total. The van der Waals surface area contributed by atoms with Crippen molar-refractivity contribution in [1.29, 1.82) is 0 Å². The second kappa shape index (κ2) is 20.2. The molecule has 0 fully saturated rings. The van der Waals surface area contributed by atoms with Gasteiger partial charge in [-0.3, -0.25) is 14.4 Å². The summed E-state index contributed by atoms with van der Waals surface area (Å²) >= 11 is 0. The molecule has 0 radical (unpaired) electrons. The third kappa shape index (κ3) is 12.1. The molecule has 0 aliphatic heterocycles. The second-order valence-corrected chi connectivity index (χ2v) is 12.9. The van der Waals surface area contributed by atoms with Crippen LogP contribution in [0.1, 0.15) is 75.3 Å². The number of carbonyl (C=O) groups is 3. The predicted molar refractivity (Wildman–Crippen MR) is 204 cm³/mol. The number of nitrogens with one attached hydrogen (secondary N) is 1. The van der Waals surface area contributed by atoms with Crippen LogP contribution in [-0.2, 0) is 33.6 Å². The number of amides is 3. The molecule has 7 nitrogen and oxygen atoms in total. The van der Waals surface area contributed by atoms with E-state index in [2.05, 4.69) is 5.32 Å². The van der Waals surface area contributed by atoms with Crippen LogP contribution >= 0.6 is 0 Å². The topological polar surface area (TPSA) is 95.7 Å². The van der Waals surface area contributed by atoms with Crippen molar-refractivity contribution in [2.45, 2.75) is 91.3 Å². The normalized spacial score (nSPS) is 12.7. The first-order valence-electron chi connectivity index (χ1n) is 17.2. The number of benzene rings is 3. The number of hydrogen-bond donors (Lipinski definition) is 2. The van der Waals surface area contributed by atoms with Crippen molar-refractivity contribution in [2.75, 3.05) is 20.6 Å². The summed E-state index contributed by atoms with van der Waals surface area (Å²) < 4.78 is 13.8. The number of hydrogen-bond acceptors (Lipinski definition) is 4. The molecule has 0 aliphatic rings. The highest BCUT2D eigenvalue weighted by molar-refractivity contribution is 5.95. The second-order valence-electron chi connectivity index (χ2n) is 12.9. The molecule has 0 aliphatic carbocycles. The first-order valence-corrected chi connectivity index (χ1v) is 17.2. The van der Waals surface area contributed by atoms with E-state index in [0.717, 1.165) is 35.1 Å². The third-order valence-electron chi connectivity index (χ3n) is 9.42. The monoisotopic (exact) mass is 684 g/mol. The summed E-state index contributed by atoms with van der Waals surface area (Å²) in [6, 6.07) is 19.9. The fourth-order valence-corrected chi connectivity index (χ4v) is 5.78. The molecule has 0 aromatic heterocycles. The van der Waals surface area contributed by atoms with Crippen LogP contribution in [-0.4, -0.2) is 65.8 Å². The van der Waals surface area contributed by atoms with Crippen molar-refractivity contribution in [1.82, 2.24) is 15.1 Å². The van der Waals surface area contributed by atoms with Gasteiger partial charge in [-0.15, -0.1) is 0 Å². The van der Waals surface area contributed by atoms with Gasteiger partial charge in [-0.1, -0.05) is 100 Å². The Morgan fingerprint density at radius 3 is 2.10 bits per heavy atom. The molecule has 3 aromatic rings. The molecule has 3 aromatic carbocycles. The van der Waals surface area contributed by atoms with E-state index in [4.69, 9.17) is 5.73 Å². The van der Waals surface area contributed by atoms with E-state index in [-0.39, 0.29) is 43.8 Å². The first kappa shape index (κ1) is 41.6. The molecule has 8 heteroatoms. The Morgan fingerprint density at radius 1 is 0.880 bits per heavy atom. The van der Waals surface area contributed by atoms with Crippen LogP contribution in [0.25, 0.3) is 6.08 Å². The smallest absolute Gasteiger partial charge is 0.246 e. The molecule has 1 unspecified atom stereocenters. The Labute approximate surface area is 299 Å². The average Bonchev–Trinajstić information content (AvgIpc) is 3.10. The zero-order chi connectivity index (χ0) is 36.0. The van der Waals surface area contributed by atoms with Gasteiger partial charge in [-0.2, -0.15) is 0 Å². The van der Waals surface area contributed by atoms with E-state index in [1.54, 1.807) is 32.3 Å². The summed E-state index contributed by atoms with van der Waals surface area (Å²) in [7, 11) is 3.22. The summed E-state index contributed by atoms with van der Waals surface area (Å²) in [6.07, 6.45) is 10.4. The maximum absolute atomic E-state index is 14.5. The molecule has 3 rings (SSSR count). The van der Waals surface area contributed by atoms with Gasteiger partial charge in [0.1, 0.15) is 17.9 Å². The lowest BCUT2D eigenvalue weighted by molar-refractivity contribution is -0.146. The number of allylic oxidation sites excluding steroid dienone is 1. The zero-order valence-electron chi connectivity index (χ0n) is 29.9. The van der Waals surface area contributed by atoms with Gasteiger partial charge in [0.05, 0.1) is 0 Å². The quantitative estimate of drug-likeness (QED) is 0.149. The van der Waals surface area contributed by atoms with E-state index < -0.39 is 17.6 Å². The molecule has 270 valence electrons. The highest BCUT2D eigenvalue weighted by Crippen LogP contribution is 2.20. The van der Waals surface area contributed by atoms with Crippen molar-refractivity contribution in [3.8, 4) is 0 Å². The van der Waals surface area contributed by atoms with E-state index in [0.29, 0.717) is 24.9 Å². The average molecular weight is 685 g/mol. The number of aryl methyl sites for hydroxylation is 1. The van der Waals surface area contributed by atoms with Gasteiger partial charge in [0.25, 0.3) is 0 Å². The molecule has 0 saturated carbocycles. The molecular formula is C42H57FN4O3. The number of carbonyl (C=O) groups excluding carboxylic acids is 3. The van der Waals surface area contributed by atoms with Crippen LogP contribution < -0.4 is 11.1 Å². The minimum atomic E-state index is -0.902. The predicted octanol–water partition coefficient (Wildman–Crippen LogP) is 7.07. The molecule has 0 heterocycles. The van der Waals surface area contributed by atoms with Gasteiger partial charge < -0.3 is 20.9 Å². The number of nitrogens with zero attached hydrogens (tertiary/aromatic N) is 2. The van der Waals surface area contributed by atoms with Gasteiger partial charge in [-0.25, -0.2) is 4.39 Å². The zero-order valence-corrected chi connectivity index (χ0v) is 29.9. The number of likely N-dealkylation sites (N-methyl/N-ethyl adjacent to an activating group) is 2. The summed E-state index contributed by atoms with van der Waals surface area (Å²) in [5, 5.41) is 3.00. The molecule has 3 amide bonds. The highest BCUT2D eigenvalue weighted by Gasteiger charge is 2.35. The van der Waals surface area contributed by atoms with E-state index >= 15 is 0 Å². The fourth-order valence-electron chi connectivity index (χ4n) is 5.78. The first-order chi connectivity index (χ1) is 23.4. The Morgan fingerprint density at radius 2 is 1.50 bits per heavy atom. The SMILES string of the molecule is C.C/C=C\c1ccc(C[C@H](C(=O)N(C)C(Cc2ccc(F)cc2)C(=O)NCCc2ccccc2)N(C)C(=O)/C=C/CC(N)(CC)CC)cc1C. The van der Waals surface area contributed by atoms with E-state index in [1.807, 2.05) is 88.4 Å². The Kier molecular flexibility index (Phi) is 16.8. The van der Waals surface area contributed by atoms with E-state index in [9.17, 15) is 18.8 Å². The fraction of sp³-hybridized carbons (Fsp3) is 0.405. The van der Waals surface area contributed by atoms with Crippen LogP contribution in [0, 0.1) is 12.7 Å².